The number of nitrogens with zero attached hydrogens (tertiary/aromatic N) is 3. The number of carbonyl (C=O) groups is 1. The average Bonchev–Trinajstić information content (AvgIpc) is 2.35. The molecule has 1 heterocycles. The molecule has 0 spiro atoms. The first kappa shape index (κ1) is 15.2. The molecule has 0 fully saturated rings. The molecule has 0 aromatic carbocycles. The molecule has 0 atom stereocenters. The molecular weight excluding hydrogens is 246 g/mol. The van der Waals surface area contributed by atoms with E-state index in [4.69, 9.17) is 0 Å². The maximum atomic E-state index is 12.3. The number of methoxy groups -OCH3 is 1. The third-order valence-corrected chi connectivity index (χ3v) is 2.83. The minimum atomic E-state index is -0.394. The Morgan fingerprint density at radius 2 is 2.05 bits per heavy atom. The number of rotatable bonds is 5. The van der Waals surface area contributed by atoms with Crippen molar-refractivity contribution < 1.29 is 9.53 Å². The zero-order valence-corrected chi connectivity index (χ0v) is 12.1. The van der Waals surface area contributed by atoms with E-state index in [9.17, 15) is 9.59 Å². The van der Waals surface area contributed by atoms with E-state index in [-0.39, 0.29) is 30.0 Å². The van der Waals surface area contributed by atoms with E-state index < -0.39 is 5.97 Å². The Balaban J connectivity index is 3.20. The van der Waals surface area contributed by atoms with E-state index in [1.54, 1.807) is 21.9 Å². The van der Waals surface area contributed by atoms with Gasteiger partial charge in [-0.15, -0.1) is 0 Å². The first-order chi connectivity index (χ1) is 8.88. The molecule has 6 nitrogen and oxygen atoms in total. The van der Waals surface area contributed by atoms with Gasteiger partial charge in [-0.1, -0.05) is 0 Å². The Morgan fingerprint density at radius 3 is 2.53 bits per heavy atom. The number of hydrogen-bond donors (Lipinski definition) is 0. The zero-order valence-electron chi connectivity index (χ0n) is 12.1. The van der Waals surface area contributed by atoms with Crippen molar-refractivity contribution in [3.63, 3.8) is 0 Å². The molecule has 1 rings (SSSR count). The van der Waals surface area contributed by atoms with Crippen LogP contribution in [0.3, 0.4) is 0 Å². The summed E-state index contributed by atoms with van der Waals surface area (Å²) in [6.07, 6.45) is 3.22. The van der Waals surface area contributed by atoms with Crippen LogP contribution in [0.4, 0.5) is 5.82 Å². The fraction of sp³-hybridized carbons (Fsp3) is 0.615. The van der Waals surface area contributed by atoms with E-state index in [2.05, 4.69) is 9.72 Å². The molecular formula is C13H21N3O3. The average molecular weight is 267 g/mol. The maximum absolute atomic E-state index is 12.3. The lowest BCUT2D eigenvalue weighted by atomic mass is 10.3. The summed E-state index contributed by atoms with van der Waals surface area (Å²) in [4.78, 5) is 29.5. The number of aromatic nitrogens is 2. The molecule has 1 aromatic heterocycles. The maximum Gasteiger partial charge on any atom is 0.325 e. The molecule has 19 heavy (non-hydrogen) atoms. The zero-order chi connectivity index (χ0) is 14.6. The van der Waals surface area contributed by atoms with E-state index in [0.717, 1.165) is 0 Å². The van der Waals surface area contributed by atoms with Crippen molar-refractivity contribution in [2.75, 3.05) is 18.6 Å². The quantitative estimate of drug-likeness (QED) is 0.750. The molecule has 6 heteroatoms. The van der Waals surface area contributed by atoms with E-state index in [0.29, 0.717) is 0 Å². The van der Waals surface area contributed by atoms with Gasteiger partial charge in [0, 0.05) is 24.5 Å². The van der Waals surface area contributed by atoms with Gasteiger partial charge in [-0.25, -0.2) is 4.98 Å². The Morgan fingerprint density at radius 1 is 1.42 bits per heavy atom. The minimum Gasteiger partial charge on any atom is -0.468 e. The molecule has 0 radical (unpaired) electrons. The lowest BCUT2D eigenvalue weighted by Gasteiger charge is -2.26. The molecule has 0 unspecified atom stereocenters. The van der Waals surface area contributed by atoms with Crippen LogP contribution >= 0.6 is 0 Å². The molecule has 0 aliphatic rings. The Kier molecular flexibility index (Phi) is 5.09. The number of ether oxygens (including phenoxy) is 1. The molecule has 0 bridgehead atoms. The van der Waals surface area contributed by atoms with Crippen molar-refractivity contribution in [3.8, 4) is 0 Å². The van der Waals surface area contributed by atoms with Crippen molar-refractivity contribution >= 4 is 11.8 Å². The summed E-state index contributed by atoms with van der Waals surface area (Å²) in [6, 6.07) is 0.0173. The molecule has 0 aliphatic carbocycles. The normalized spacial score (nSPS) is 10.9. The predicted octanol–water partition coefficient (Wildman–Crippen LogP) is 1.21. The molecule has 0 saturated heterocycles. The molecule has 0 saturated carbocycles. The SMILES string of the molecule is COC(=O)CN(c1nccn(C(C)C)c1=O)C(C)C. The smallest absolute Gasteiger partial charge is 0.325 e. The third-order valence-electron chi connectivity index (χ3n) is 2.83. The van der Waals surface area contributed by atoms with Gasteiger partial charge in [0.25, 0.3) is 5.56 Å². The molecule has 0 N–H and O–H groups in total. The second-order valence-electron chi connectivity index (χ2n) is 4.85. The van der Waals surface area contributed by atoms with Crippen molar-refractivity contribution in [2.45, 2.75) is 39.8 Å². The summed E-state index contributed by atoms with van der Waals surface area (Å²) in [7, 11) is 1.33. The van der Waals surface area contributed by atoms with E-state index >= 15 is 0 Å². The van der Waals surface area contributed by atoms with Crippen molar-refractivity contribution in [2.24, 2.45) is 0 Å². The van der Waals surface area contributed by atoms with E-state index in [1.807, 2.05) is 27.7 Å². The highest BCUT2D eigenvalue weighted by Crippen LogP contribution is 2.10. The van der Waals surface area contributed by atoms with Gasteiger partial charge in [-0.2, -0.15) is 0 Å². The van der Waals surface area contributed by atoms with Crippen LogP contribution in [0, 0.1) is 0 Å². The van der Waals surface area contributed by atoms with Crippen molar-refractivity contribution in [1.29, 1.82) is 0 Å². The minimum absolute atomic E-state index is 0.0124. The second-order valence-corrected chi connectivity index (χ2v) is 4.85. The Hall–Kier alpha value is -1.85. The monoisotopic (exact) mass is 267 g/mol. The van der Waals surface area contributed by atoms with Crippen LogP contribution in [0.15, 0.2) is 17.2 Å². The lowest BCUT2D eigenvalue weighted by molar-refractivity contribution is -0.139. The molecule has 0 aliphatic heterocycles. The lowest BCUT2D eigenvalue weighted by Crippen LogP contribution is -2.41. The van der Waals surface area contributed by atoms with Crippen molar-refractivity contribution in [3.05, 3.63) is 22.7 Å². The fourth-order valence-electron chi connectivity index (χ4n) is 1.72. The topological polar surface area (TPSA) is 64.4 Å². The molecule has 0 amide bonds. The van der Waals surface area contributed by atoms with Crippen LogP contribution < -0.4 is 10.5 Å². The van der Waals surface area contributed by atoms with E-state index in [1.165, 1.54) is 7.11 Å². The highest BCUT2D eigenvalue weighted by Gasteiger charge is 2.20. The highest BCUT2D eigenvalue weighted by molar-refractivity contribution is 5.75. The van der Waals surface area contributed by atoms with Gasteiger partial charge in [0.05, 0.1) is 7.11 Å². The van der Waals surface area contributed by atoms with Gasteiger partial charge in [-0.3, -0.25) is 9.59 Å². The second kappa shape index (κ2) is 6.36. The Bertz CT molecular complexity index is 494. The van der Waals surface area contributed by atoms with Gasteiger partial charge < -0.3 is 14.2 Å². The predicted molar refractivity (Wildman–Crippen MR) is 73.4 cm³/mol. The van der Waals surface area contributed by atoms with Crippen LogP contribution in [0.2, 0.25) is 0 Å². The van der Waals surface area contributed by atoms with Gasteiger partial charge in [0.1, 0.15) is 6.54 Å². The van der Waals surface area contributed by atoms with Crippen LogP contribution in [-0.2, 0) is 9.53 Å². The van der Waals surface area contributed by atoms with Gasteiger partial charge >= 0.3 is 5.97 Å². The summed E-state index contributed by atoms with van der Waals surface area (Å²) >= 11 is 0. The number of hydrogen-bond acceptors (Lipinski definition) is 5. The van der Waals surface area contributed by atoms with Crippen LogP contribution in [0.25, 0.3) is 0 Å². The summed E-state index contributed by atoms with van der Waals surface area (Å²) in [5.41, 5.74) is -0.199. The van der Waals surface area contributed by atoms with Crippen LogP contribution in [0.5, 0.6) is 0 Å². The highest BCUT2D eigenvalue weighted by atomic mass is 16.5. The standard InChI is InChI=1S/C13H21N3O3/c1-9(2)15-7-6-14-12(13(15)18)16(10(3)4)8-11(17)19-5/h6-7,9-10H,8H2,1-5H3. The van der Waals surface area contributed by atoms with Crippen LogP contribution in [-0.4, -0.2) is 35.2 Å². The first-order valence-electron chi connectivity index (χ1n) is 6.29. The fourth-order valence-corrected chi connectivity index (χ4v) is 1.72. The van der Waals surface area contributed by atoms with Gasteiger partial charge in [-0.05, 0) is 27.7 Å². The van der Waals surface area contributed by atoms with Crippen LogP contribution in [0.1, 0.15) is 33.7 Å². The Labute approximate surface area is 113 Å². The van der Waals surface area contributed by atoms with Gasteiger partial charge in [0.2, 0.25) is 0 Å². The first-order valence-corrected chi connectivity index (χ1v) is 6.29. The third kappa shape index (κ3) is 3.56. The summed E-state index contributed by atoms with van der Waals surface area (Å²) in [6.45, 7) is 7.66. The summed E-state index contributed by atoms with van der Waals surface area (Å²) in [5, 5.41) is 0. The molecule has 106 valence electrons. The molecule has 1 aromatic rings. The summed E-state index contributed by atoms with van der Waals surface area (Å²) < 4.78 is 6.24. The van der Waals surface area contributed by atoms with Crippen molar-refractivity contribution in [1.82, 2.24) is 9.55 Å². The number of esters is 1. The number of carbonyl (C=O) groups excluding carboxylic acids is 1. The van der Waals surface area contributed by atoms with Gasteiger partial charge in [0.15, 0.2) is 5.82 Å². The largest absolute Gasteiger partial charge is 0.468 e. The number of anilines is 1. The summed E-state index contributed by atoms with van der Waals surface area (Å²) in [5.74, 6) is -0.119.